The molecule has 0 aliphatic rings. The Hall–Kier alpha value is -1.59. The van der Waals surface area contributed by atoms with Crippen LogP contribution in [-0.4, -0.2) is 14.5 Å². The number of pyridine rings is 1. The van der Waals surface area contributed by atoms with Crippen LogP contribution in [0.2, 0.25) is 5.02 Å². The number of imidazole rings is 1. The molecule has 2 N–H and O–H groups in total. The third kappa shape index (κ3) is 1.76. The van der Waals surface area contributed by atoms with Crippen LogP contribution in [0.5, 0.6) is 0 Å². The zero-order valence-corrected chi connectivity index (χ0v) is 11.5. The Morgan fingerprint density at radius 3 is 2.89 bits per heavy atom. The first kappa shape index (κ1) is 11.5. The molecule has 3 rings (SSSR count). The molecule has 3 aromatic rings. The standard InChI is InChI=1S/C12H8BrClN4/c13-8-4-3-7(6-9(8)14)18-11-10(17-12(18)15)2-1-5-16-11/h1-6H,(H2,15,17). The zero-order chi connectivity index (χ0) is 12.7. The van der Waals surface area contributed by atoms with Crippen LogP contribution < -0.4 is 5.73 Å². The number of nitrogens with two attached hydrogens (primary N) is 1. The average molecular weight is 324 g/mol. The van der Waals surface area contributed by atoms with E-state index in [4.69, 9.17) is 17.3 Å². The first-order valence-corrected chi connectivity index (χ1v) is 6.38. The predicted octanol–water partition coefficient (Wildman–Crippen LogP) is 3.42. The van der Waals surface area contributed by atoms with E-state index in [-0.39, 0.29) is 0 Å². The highest BCUT2D eigenvalue weighted by atomic mass is 79.9. The van der Waals surface area contributed by atoms with Gasteiger partial charge in [0, 0.05) is 10.7 Å². The number of aromatic nitrogens is 3. The number of rotatable bonds is 1. The van der Waals surface area contributed by atoms with Crippen molar-refractivity contribution < 1.29 is 0 Å². The van der Waals surface area contributed by atoms with Crippen molar-refractivity contribution in [3.63, 3.8) is 0 Å². The third-order valence-electron chi connectivity index (χ3n) is 2.60. The van der Waals surface area contributed by atoms with Crippen LogP contribution in [0.4, 0.5) is 5.95 Å². The maximum absolute atomic E-state index is 6.09. The second-order valence-electron chi connectivity index (χ2n) is 3.75. The summed E-state index contributed by atoms with van der Waals surface area (Å²) < 4.78 is 2.61. The van der Waals surface area contributed by atoms with Crippen molar-refractivity contribution in [2.24, 2.45) is 0 Å². The highest BCUT2D eigenvalue weighted by Crippen LogP contribution is 2.28. The maximum atomic E-state index is 6.09. The second-order valence-corrected chi connectivity index (χ2v) is 5.01. The van der Waals surface area contributed by atoms with E-state index in [2.05, 4.69) is 25.9 Å². The average Bonchev–Trinajstić information content (AvgIpc) is 2.69. The summed E-state index contributed by atoms with van der Waals surface area (Å²) in [5, 5.41) is 0.615. The molecule has 2 heterocycles. The van der Waals surface area contributed by atoms with Crippen LogP contribution in [0.25, 0.3) is 16.9 Å². The number of fused-ring (bicyclic) bond motifs is 1. The molecular weight excluding hydrogens is 316 g/mol. The lowest BCUT2D eigenvalue weighted by molar-refractivity contribution is 1.08. The number of hydrogen-bond acceptors (Lipinski definition) is 3. The minimum Gasteiger partial charge on any atom is -0.369 e. The number of nitrogens with zero attached hydrogens (tertiary/aromatic N) is 3. The van der Waals surface area contributed by atoms with Gasteiger partial charge in [0.15, 0.2) is 5.65 Å². The molecule has 0 radical (unpaired) electrons. The van der Waals surface area contributed by atoms with Crippen LogP contribution in [0.15, 0.2) is 41.0 Å². The highest BCUT2D eigenvalue weighted by Gasteiger charge is 2.11. The Morgan fingerprint density at radius 2 is 2.11 bits per heavy atom. The molecule has 0 unspecified atom stereocenters. The van der Waals surface area contributed by atoms with Crippen molar-refractivity contribution in [2.45, 2.75) is 0 Å². The van der Waals surface area contributed by atoms with E-state index < -0.39 is 0 Å². The molecule has 0 aliphatic heterocycles. The van der Waals surface area contributed by atoms with Gasteiger partial charge in [-0.15, -0.1) is 0 Å². The van der Waals surface area contributed by atoms with Gasteiger partial charge in [-0.3, -0.25) is 4.57 Å². The van der Waals surface area contributed by atoms with Crippen LogP contribution in [0.1, 0.15) is 0 Å². The van der Waals surface area contributed by atoms with Crippen molar-refractivity contribution in [3.05, 3.63) is 46.0 Å². The fourth-order valence-corrected chi connectivity index (χ4v) is 2.23. The minimum absolute atomic E-state index is 0.391. The van der Waals surface area contributed by atoms with E-state index in [0.717, 1.165) is 15.7 Å². The first-order valence-electron chi connectivity index (χ1n) is 5.21. The molecule has 6 heteroatoms. The lowest BCUT2D eigenvalue weighted by Gasteiger charge is -2.06. The SMILES string of the molecule is Nc1nc2cccnc2n1-c1ccc(Br)c(Cl)c1. The van der Waals surface area contributed by atoms with Crippen LogP contribution in [-0.2, 0) is 0 Å². The normalized spacial score (nSPS) is 11.0. The van der Waals surface area contributed by atoms with Gasteiger partial charge >= 0.3 is 0 Å². The molecule has 2 aromatic heterocycles. The van der Waals surface area contributed by atoms with Crippen molar-refractivity contribution in [3.8, 4) is 5.69 Å². The molecule has 18 heavy (non-hydrogen) atoms. The third-order valence-corrected chi connectivity index (χ3v) is 3.84. The molecule has 0 bridgehead atoms. The van der Waals surface area contributed by atoms with Gasteiger partial charge in [-0.1, -0.05) is 11.6 Å². The zero-order valence-electron chi connectivity index (χ0n) is 9.14. The summed E-state index contributed by atoms with van der Waals surface area (Å²) in [5.41, 5.74) is 8.24. The minimum atomic E-state index is 0.391. The number of nitrogen functional groups attached to an aromatic ring is 1. The lowest BCUT2D eigenvalue weighted by Crippen LogP contribution is -2.01. The largest absolute Gasteiger partial charge is 0.369 e. The molecule has 0 amide bonds. The Labute approximate surface area is 117 Å². The predicted molar refractivity (Wildman–Crippen MR) is 76.0 cm³/mol. The van der Waals surface area contributed by atoms with E-state index in [1.54, 1.807) is 10.8 Å². The summed E-state index contributed by atoms with van der Waals surface area (Å²) in [5.74, 6) is 0.391. The fourth-order valence-electron chi connectivity index (χ4n) is 1.81. The van der Waals surface area contributed by atoms with Crippen LogP contribution in [0.3, 0.4) is 0 Å². The summed E-state index contributed by atoms with van der Waals surface area (Å²) >= 11 is 9.45. The van der Waals surface area contributed by atoms with Crippen molar-refractivity contribution >= 4 is 44.6 Å². The molecule has 0 saturated carbocycles. The summed E-state index contributed by atoms with van der Waals surface area (Å²) in [6, 6.07) is 9.29. The highest BCUT2D eigenvalue weighted by molar-refractivity contribution is 9.10. The lowest BCUT2D eigenvalue weighted by atomic mass is 10.3. The summed E-state index contributed by atoms with van der Waals surface area (Å²) in [6.07, 6.45) is 1.71. The molecule has 4 nitrogen and oxygen atoms in total. The second kappa shape index (κ2) is 4.26. The first-order chi connectivity index (χ1) is 8.66. The Bertz CT molecular complexity index is 738. The molecule has 1 aromatic carbocycles. The van der Waals surface area contributed by atoms with Gasteiger partial charge in [0.05, 0.1) is 10.7 Å². The molecule has 90 valence electrons. The number of benzene rings is 1. The van der Waals surface area contributed by atoms with Crippen molar-refractivity contribution in [1.29, 1.82) is 0 Å². The topological polar surface area (TPSA) is 56.7 Å². The van der Waals surface area contributed by atoms with Gasteiger partial charge in [0.1, 0.15) is 5.52 Å². The van der Waals surface area contributed by atoms with E-state index >= 15 is 0 Å². The Balaban J connectivity index is 2.30. The Kier molecular flexibility index (Phi) is 2.72. The summed E-state index contributed by atoms with van der Waals surface area (Å²) in [7, 11) is 0. The Morgan fingerprint density at radius 1 is 1.28 bits per heavy atom. The number of hydrogen-bond donors (Lipinski definition) is 1. The van der Waals surface area contributed by atoms with E-state index in [9.17, 15) is 0 Å². The van der Waals surface area contributed by atoms with E-state index in [1.807, 2.05) is 30.3 Å². The number of anilines is 1. The van der Waals surface area contributed by atoms with Gasteiger partial charge in [0.2, 0.25) is 5.95 Å². The van der Waals surface area contributed by atoms with Crippen LogP contribution in [0, 0.1) is 0 Å². The summed E-state index contributed by atoms with van der Waals surface area (Å²) in [4.78, 5) is 8.56. The van der Waals surface area contributed by atoms with Gasteiger partial charge < -0.3 is 5.73 Å². The van der Waals surface area contributed by atoms with Gasteiger partial charge in [-0.2, -0.15) is 0 Å². The molecule has 0 saturated heterocycles. The quantitative estimate of drug-likeness (QED) is 0.746. The molecule has 0 atom stereocenters. The molecular formula is C12H8BrClN4. The maximum Gasteiger partial charge on any atom is 0.207 e. The van der Waals surface area contributed by atoms with E-state index in [0.29, 0.717) is 16.6 Å². The van der Waals surface area contributed by atoms with Gasteiger partial charge in [-0.25, -0.2) is 9.97 Å². The van der Waals surface area contributed by atoms with E-state index in [1.165, 1.54) is 0 Å². The summed E-state index contributed by atoms with van der Waals surface area (Å²) in [6.45, 7) is 0. The smallest absolute Gasteiger partial charge is 0.207 e. The van der Waals surface area contributed by atoms with Crippen molar-refractivity contribution in [2.75, 3.05) is 5.73 Å². The fraction of sp³-hybridized carbons (Fsp3) is 0. The molecule has 0 spiro atoms. The van der Waals surface area contributed by atoms with Gasteiger partial charge in [-0.05, 0) is 46.3 Å². The number of halogens is 2. The van der Waals surface area contributed by atoms with Crippen LogP contribution >= 0.6 is 27.5 Å². The molecule has 0 fully saturated rings. The van der Waals surface area contributed by atoms with Gasteiger partial charge in [0.25, 0.3) is 0 Å². The monoisotopic (exact) mass is 322 g/mol. The molecule has 0 aliphatic carbocycles. The van der Waals surface area contributed by atoms with Crippen molar-refractivity contribution in [1.82, 2.24) is 14.5 Å².